The Kier molecular flexibility index (Phi) is 4.11. The third-order valence-corrected chi connectivity index (χ3v) is 3.95. The van der Waals surface area contributed by atoms with Gasteiger partial charge in [0.05, 0.1) is 18.1 Å². The Balaban J connectivity index is 2.05. The molecule has 1 aliphatic heterocycles. The number of aromatic nitrogens is 2. The van der Waals surface area contributed by atoms with Crippen LogP contribution in [0.5, 0.6) is 0 Å². The van der Waals surface area contributed by atoms with E-state index in [4.69, 9.17) is 4.74 Å². The average molecular weight is 321 g/mol. The number of hydrogen-bond donors (Lipinski definition) is 0. The Morgan fingerprint density at radius 1 is 1.17 bits per heavy atom. The Labute approximate surface area is 132 Å². The Morgan fingerprint density at radius 2 is 1.87 bits per heavy atom. The Bertz CT molecular complexity index is 736. The third kappa shape index (κ3) is 3.23. The fourth-order valence-corrected chi connectivity index (χ4v) is 2.72. The Hall–Kier alpha value is -2.31. The largest absolute Gasteiger partial charge is 0.464 e. The van der Waals surface area contributed by atoms with Crippen molar-refractivity contribution in [3.63, 3.8) is 0 Å². The SMILES string of the molecule is COC(=O)c1nc2ccccc2nc1N1CCCC(F)(F)CC1. The number of ether oxygens (including phenoxy) is 1. The molecule has 2 aromatic rings. The van der Waals surface area contributed by atoms with Crippen LogP contribution in [0.4, 0.5) is 14.6 Å². The highest BCUT2D eigenvalue weighted by molar-refractivity contribution is 5.95. The van der Waals surface area contributed by atoms with Gasteiger partial charge in [-0.2, -0.15) is 0 Å². The molecule has 0 atom stereocenters. The van der Waals surface area contributed by atoms with E-state index in [9.17, 15) is 13.6 Å². The van der Waals surface area contributed by atoms with E-state index in [1.54, 1.807) is 23.1 Å². The molecule has 1 aliphatic rings. The number of rotatable bonds is 2. The summed E-state index contributed by atoms with van der Waals surface area (Å²) in [5.41, 5.74) is 1.25. The number of benzene rings is 1. The molecule has 1 aromatic heterocycles. The lowest BCUT2D eigenvalue weighted by molar-refractivity contribution is -0.0102. The van der Waals surface area contributed by atoms with Gasteiger partial charge in [-0.05, 0) is 18.6 Å². The van der Waals surface area contributed by atoms with Gasteiger partial charge in [-0.3, -0.25) is 0 Å². The summed E-state index contributed by atoms with van der Waals surface area (Å²) in [4.78, 5) is 22.5. The standard InChI is InChI=1S/C16H17F2N3O2/c1-23-15(22)13-14(20-12-6-3-2-5-11(12)19-13)21-9-4-7-16(17,18)8-10-21/h2-3,5-6H,4,7-10H2,1H3. The molecule has 0 radical (unpaired) electrons. The van der Waals surface area contributed by atoms with Crippen LogP contribution in [0.3, 0.4) is 0 Å². The van der Waals surface area contributed by atoms with Crippen molar-refractivity contribution in [2.45, 2.75) is 25.2 Å². The first-order chi connectivity index (χ1) is 11.0. The van der Waals surface area contributed by atoms with Crippen LogP contribution in [-0.2, 0) is 4.74 Å². The van der Waals surface area contributed by atoms with Crippen molar-refractivity contribution in [1.29, 1.82) is 0 Å². The molecule has 5 nitrogen and oxygen atoms in total. The molecule has 2 heterocycles. The normalized spacial score (nSPS) is 17.8. The average Bonchev–Trinajstić information content (AvgIpc) is 2.73. The van der Waals surface area contributed by atoms with E-state index in [0.29, 0.717) is 29.8 Å². The van der Waals surface area contributed by atoms with E-state index in [2.05, 4.69) is 9.97 Å². The summed E-state index contributed by atoms with van der Waals surface area (Å²) in [6.07, 6.45) is -0.0810. The molecule has 0 bridgehead atoms. The Morgan fingerprint density at radius 3 is 2.57 bits per heavy atom. The van der Waals surface area contributed by atoms with Crippen molar-refractivity contribution in [1.82, 2.24) is 9.97 Å². The zero-order valence-corrected chi connectivity index (χ0v) is 12.8. The maximum atomic E-state index is 13.6. The smallest absolute Gasteiger partial charge is 0.360 e. The maximum absolute atomic E-state index is 13.6. The first kappa shape index (κ1) is 15.6. The number of nitrogens with zero attached hydrogens (tertiary/aromatic N) is 3. The minimum atomic E-state index is -2.68. The number of esters is 1. The summed E-state index contributed by atoms with van der Waals surface area (Å²) in [6.45, 7) is 0.538. The number of para-hydroxylation sites is 2. The highest BCUT2D eigenvalue weighted by atomic mass is 19.3. The van der Waals surface area contributed by atoms with Crippen LogP contribution in [0.25, 0.3) is 11.0 Å². The molecule has 3 rings (SSSR count). The van der Waals surface area contributed by atoms with Crippen molar-refractivity contribution >= 4 is 22.8 Å². The molecule has 0 aliphatic carbocycles. The first-order valence-corrected chi connectivity index (χ1v) is 7.48. The van der Waals surface area contributed by atoms with Crippen LogP contribution in [0.2, 0.25) is 0 Å². The first-order valence-electron chi connectivity index (χ1n) is 7.48. The van der Waals surface area contributed by atoms with Gasteiger partial charge < -0.3 is 9.64 Å². The van der Waals surface area contributed by atoms with Gasteiger partial charge in [-0.25, -0.2) is 23.5 Å². The molecule has 23 heavy (non-hydrogen) atoms. The lowest BCUT2D eigenvalue weighted by Gasteiger charge is -2.23. The molecule has 0 unspecified atom stereocenters. The lowest BCUT2D eigenvalue weighted by atomic mass is 10.1. The van der Waals surface area contributed by atoms with Crippen molar-refractivity contribution in [2.24, 2.45) is 0 Å². The van der Waals surface area contributed by atoms with E-state index in [-0.39, 0.29) is 25.1 Å². The second kappa shape index (κ2) is 6.06. The summed E-state index contributed by atoms with van der Waals surface area (Å²) in [7, 11) is 1.26. The number of methoxy groups -OCH3 is 1. The minimum Gasteiger partial charge on any atom is -0.464 e. The molecule has 1 saturated heterocycles. The van der Waals surface area contributed by atoms with E-state index < -0.39 is 11.9 Å². The van der Waals surface area contributed by atoms with E-state index in [1.165, 1.54) is 7.11 Å². The number of anilines is 1. The van der Waals surface area contributed by atoms with Gasteiger partial charge in [0.15, 0.2) is 11.5 Å². The van der Waals surface area contributed by atoms with Gasteiger partial charge in [0.2, 0.25) is 5.92 Å². The van der Waals surface area contributed by atoms with Crippen LogP contribution in [-0.4, -0.2) is 42.1 Å². The molecule has 7 heteroatoms. The van der Waals surface area contributed by atoms with Gasteiger partial charge in [0, 0.05) is 25.9 Å². The number of carbonyl (C=O) groups is 1. The highest BCUT2D eigenvalue weighted by Crippen LogP contribution is 2.31. The van der Waals surface area contributed by atoms with Gasteiger partial charge in [0.25, 0.3) is 0 Å². The molecule has 0 N–H and O–H groups in total. The number of halogens is 2. The monoisotopic (exact) mass is 321 g/mol. The summed E-state index contributed by atoms with van der Waals surface area (Å²) in [6, 6.07) is 7.13. The van der Waals surface area contributed by atoms with Crippen molar-refractivity contribution in [3.8, 4) is 0 Å². The molecule has 0 spiro atoms. The summed E-state index contributed by atoms with van der Waals surface area (Å²) in [5.74, 6) is -2.98. The van der Waals surface area contributed by atoms with Gasteiger partial charge >= 0.3 is 5.97 Å². The van der Waals surface area contributed by atoms with Gasteiger partial charge in [-0.15, -0.1) is 0 Å². The quantitative estimate of drug-likeness (QED) is 0.796. The molecule has 1 fully saturated rings. The van der Waals surface area contributed by atoms with Crippen LogP contribution >= 0.6 is 0 Å². The zero-order valence-electron chi connectivity index (χ0n) is 12.8. The maximum Gasteiger partial charge on any atom is 0.360 e. The number of fused-ring (bicyclic) bond motifs is 1. The predicted molar refractivity (Wildman–Crippen MR) is 81.9 cm³/mol. The minimum absolute atomic E-state index is 0.0661. The van der Waals surface area contributed by atoms with Crippen LogP contribution in [0, 0.1) is 0 Å². The van der Waals surface area contributed by atoms with Gasteiger partial charge in [0.1, 0.15) is 0 Å². The molecule has 0 amide bonds. The molecule has 122 valence electrons. The van der Waals surface area contributed by atoms with Crippen LogP contribution in [0.1, 0.15) is 29.8 Å². The molecular weight excluding hydrogens is 304 g/mol. The predicted octanol–water partition coefficient (Wildman–Crippen LogP) is 3.04. The third-order valence-electron chi connectivity index (χ3n) is 3.95. The summed E-state index contributed by atoms with van der Waals surface area (Å²) < 4.78 is 31.9. The summed E-state index contributed by atoms with van der Waals surface area (Å²) >= 11 is 0. The second-order valence-corrected chi connectivity index (χ2v) is 5.57. The van der Waals surface area contributed by atoms with Crippen molar-refractivity contribution < 1.29 is 18.3 Å². The van der Waals surface area contributed by atoms with Gasteiger partial charge in [-0.1, -0.05) is 12.1 Å². The highest BCUT2D eigenvalue weighted by Gasteiger charge is 2.33. The van der Waals surface area contributed by atoms with E-state index in [1.807, 2.05) is 6.07 Å². The van der Waals surface area contributed by atoms with Crippen LogP contribution in [0.15, 0.2) is 24.3 Å². The lowest BCUT2D eigenvalue weighted by Crippen LogP contribution is -2.29. The fraction of sp³-hybridized carbons (Fsp3) is 0.438. The van der Waals surface area contributed by atoms with E-state index in [0.717, 1.165) is 0 Å². The van der Waals surface area contributed by atoms with Crippen LogP contribution < -0.4 is 4.90 Å². The number of alkyl halides is 2. The van der Waals surface area contributed by atoms with E-state index >= 15 is 0 Å². The summed E-state index contributed by atoms with van der Waals surface area (Å²) in [5, 5.41) is 0. The second-order valence-electron chi connectivity index (χ2n) is 5.57. The topological polar surface area (TPSA) is 55.3 Å². The van der Waals surface area contributed by atoms with Crippen molar-refractivity contribution in [3.05, 3.63) is 30.0 Å². The molecule has 0 saturated carbocycles. The zero-order chi connectivity index (χ0) is 16.4. The molecular formula is C16H17F2N3O2. The van der Waals surface area contributed by atoms with Crippen molar-refractivity contribution in [2.75, 3.05) is 25.1 Å². The number of hydrogen-bond acceptors (Lipinski definition) is 5. The fourth-order valence-electron chi connectivity index (χ4n) is 2.72. The number of carbonyl (C=O) groups excluding carboxylic acids is 1. The molecule has 1 aromatic carbocycles.